The predicted octanol–water partition coefficient (Wildman–Crippen LogP) is 3.18. The van der Waals surface area contributed by atoms with Gasteiger partial charge in [0.2, 0.25) is 0 Å². The van der Waals surface area contributed by atoms with Crippen molar-refractivity contribution in [1.82, 2.24) is 0 Å². The molecule has 0 spiro atoms. The van der Waals surface area contributed by atoms with Crippen molar-refractivity contribution in [1.29, 1.82) is 0 Å². The van der Waals surface area contributed by atoms with Crippen LogP contribution in [-0.4, -0.2) is 0 Å². The Balaban J connectivity index is 3.25. The molecule has 0 aliphatic heterocycles. The van der Waals surface area contributed by atoms with E-state index in [2.05, 4.69) is 23.9 Å². The molecule has 0 saturated heterocycles. The zero-order valence-electron chi connectivity index (χ0n) is 7.03. The van der Waals surface area contributed by atoms with Crippen LogP contribution < -0.4 is 4.84 Å². The Labute approximate surface area is 72.5 Å². The molecule has 0 atom stereocenters. The molecular weight excluding hydrogens is 158 g/mol. The number of hydrogen-bond donors (Lipinski definition) is 1. The van der Waals surface area contributed by atoms with Gasteiger partial charge in [0, 0.05) is 11.8 Å². The standard InChI is InChI=1S/C9H12ClN/c1-6-4-7(2)9(11-10)8(3)5-6/h4-5,11H,1-3H3. The first-order valence-corrected chi connectivity index (χ1v) is 3.97. The van der Waals surface area contributed by atoms with Gasteiger partial charge in [-0.05, 0) is 31.9 Å². The van der Waals surface area contributed by atoms with Gasteiger partial charge in [0.05, 0.1) is 5.69 Å². The van der Waals surface area contributed by atoms with Gasteiger partial charge in [-0.1, -0.05) is 17.7 Å². The summed E-state index contributed by atoms with van der Waals surface area (Å²) in [4.78, 5) is 2.66. The van der Waals surface area contributed by atoms with Crippen LogP contribution in [0.5, 0.6) is 0 Å². The number of aryl methyl sites for hydroxylation is 3. The fraction of sp³-hybridized carbons (Fsp3) is 0.333. The Morgan fingerprint density at radius 2 is 1.55 bits per heavy atom. The SMILES string of the molecule is Cc1cc(C)c(NCl)c(C)c1. The van der Waals surface area contributed by atoms with Gasteiger partial charge in [-0.3, -0.25) is 4.84 Å². The van der Waals surface area contributed by atoms with Crippen LogP contribution in [0.25, 0.3) is 0 Å². The van der Waals surface area contributed by atoms with E-state index in [-0.39, 0.29) is 0 Å². The molecule has 60 valence electrons. The molecular formula is C9H12ClN. The van der Waals surface area contributed by atoms with Crippen LogP contribution in [0.15, 0.2) is 12.1 Å². The van der Waals surface area contributed by atoms with Crippen LogP contribution in [0.1, 0.15) is 16.7 Å². The number of hydrogen-bond acceptors (Lipinski definition) is 1. The summed E-state index contributed by atoms with van der Waals surface area (Å²) >= 11 is 5.54. The fourth-order valence-corrected chi connectivity index (χ4v) is 1.63. The summed E-state index contributed by atoms with van der Waals surface area (Å²) in [5.74, 6) is 0. The Morgan fingerprint density at radius 1 is 1.09 bits per heavy atom. The number of anilines is 1. The van der Waals surface area contributed by atoms with Crippen molar-refractivity contribution < 1.29 is 0 Å². The van der Waals surface area contributed by atoms with E-state index >= 15 is 0 Å². The molecule has 1 N–H and O–H groups in total. The lowest BCUT2D eigenvalue weighted by atomic mass is 10.1. The first-order chi connectivity index (χ1) is 5.15. The summed E-state index contributed by atoms with van der Waals surface area (Å²) in [6.45, 7) is 6.17. The average molecular weight is 170 g/mol. The van der Waals surface area contributed by atoms with Gasteiger partial charge in [-0.15, -0.1) is 0 Å². The van der Waals surface area contributed by atoms with Crippen molar-refractivity contribution in [3.63, 3.8) is 0 Å². The molecule has 0 saturated carbocycles. The minimum absolute atomic E-state index is 1.03. The van der Waals surface area contributed by atoms with Gasteiger partial charge in [0.15, 0.2) is 0 Å². The predicted molar refractivity (Wildman–Crippen MR) is 50.1 cm³/mol. The molecule has 0 aliphatic carbocycles. The number of rotatable bonds is 1. The van der Waals surface area contributed by atoms with E-state index in [0.29, 0.717) is 0 Å². The quantitative estimate of drug-likeness (QED) is 0.637. The summed E-state index contributed by atoms with van der Waals surface area (Å²) in [6, 6.07) is 4.22. The number of benzene rings is 1. The molecule has 0 aliphatic rings. The van der Waals surface area contributed by atoms with Crippen LogP contribution in [0.3, 0.4) is 0 Å². The lowest BCUT2D eigenvalue weighted by Crippen LogP contribution is -1.90. The van der Waals surface area contributed by atoms with Gasteiger partial charge in [0.1, 0.15) is 0 Å². The summed E-state index contributed by atoms with van der Waals surface area (Å²) in [5.41, 5.74) is 4.68. The van der Waals surface area contributed by atoms with E-state index in [1.807, 2.05) is 13.8 Å². The molecule has 1 aromatic carbocycles. The van der Waals surface area contributed by atoms with Crippen LogP contribution in [-0.2, 0) is 0 Å². The highest BCUT2D eigenvalue weighted by Crippen LogP contribution is 2.22. The minimum atomic E-state index is 1.03. The Hall–Kier alpha value is -0.690. The maximum Gasteiger partial charge on any atom is 0.0550 e. The fourth-order valence-electron chi connectivity index (χ4n) is 1.33. The van der Waals surface area contributed by atoms with Crippen molar-refractivity contribution in [3.8, 4) is 0 Å². The van der Waals surface area contributed by atoms with E-state index in [0.717, 1.165) is 5.69 Å². The smallest absolute Gasteiger partial charge is 0.0550 e. The van der Waals surface area contributed by atoms with Gasteiger partial charge in [-0.25, -0.2) is 0 Å². The monoisotopic (exact) mass is 169 g/mol. The third kappa shape index (κ3) is 1.66. The maximum absolute atomic E-state index is 5.54. The van der Waals surface area contributed by atoms with Crippen LogP contribution >= 0.6 is 11.8 Å². The molecule has 0 bridgehead atoms. The third-order valence-electron chi connectivity index (χ3n) is 1.77. The summed E-state index contributed by atoms with van der Waals surface area (Å²) in [6.07, 6.45) is 0. The van der Waals surface area contributed by atoms with Crippen LogP contribution in [0.2, 0.25) is 0 Å². The van der Waals surface area contributed by atoms with Gasteiger partial charge in [0.25, 0.3) is 0 Å². The molecule has 0 fully saturated rings. The summed E-state index contributed by atoms with van der Waals surface area (Å²) in [5, 5.41) is 0. The molecule has 2 heteroatoms. The molecule has 1 nitrogen and oxygen atoms in total. The second-order valence-corrected chi connectivity index (χ2v) is 3.06. The molecule has 0 unspecified atom stereocenters. The van der Waals surface area contributed by atoms with E-state index in [1.54, 1.807) is 0 Å². The first kappa shape index (κ1) is 8.41. The van der Waals surface area contributed by atoms with E-state index in [4.69, 9.17) is 11.8 Å². The van der Waals surface area contributed by atoms with Crippen LogP contribution in [0.4, 0.5) is 5.69 Å². The van der Waals surface area contributed by atoms with E-state index < -0.39 is 0 Å². The number of nitrogens with one attached hydrogen (secondary N) is 1. The Kier molecular flexibility index (Phi) is 2.40. The number of halogens is 1. The van der Waals surface area contributed by atoms with Gasteiger partial charge >= 0.3 is 0 Å². The average Bonchev–Trinajstić information content (AvgIpc) is 1.85. The van der Waals surface area contributed by atoms with Crippen molar-refractivity contribution in [3.05, 3.63) is 28.8 Å². The van der Waals surface area contributed by atoms with Gasteiger partial charge < -0.3 is 0 Å². The van der Waals surface area contributed by atoms with Crippen molar-refractivity contribution >= 4 is 17.5 Å². The normalized spacial score (nSPS) is 9.82. The molecule has 11 heavy (non-hydrogen) atoms. The molecule has 0 aromatic heterocycles. The Bertz CT molecular complexity index is 245. The van der Waals surface area contributed by atoms with E-state index in [1.165, 1.54) is 16.7 Å². The van der Waals surface area contributed by atoms with Crippen LogP contribution in [0, 0.1) is 20.8 Å². The first-order valence-electron chi connectivity index (χ1n) is 3.59. The second-order valence-electron chi connectivity index (χ2n) is 2.87. The summed E-state index contributed by atoms with van der Waals surface area (Å²) in [7, 11) is 0. The molecule has 0 radical (unpaired) electrons. The largest absolute Gasteiger partial charge is 0.298 e. The molecule has 1 aromatic rings. The van der Waals surface area contributed by atoms with Gasteiger partial charge in [-0.2, -0.15) is 0 Å². The lowest BCUT2D eigenvalue weighted by molar-refractivity contribution is 1.32. The lowest BCUT2D eigenvalue weighted by Gasteiger charge is -2.07. The zero-order chi connectivity index (χ0) is 8.43. The highest BCUT2D eigenvalue weighted by Gasteiger charge is 2.00. The minimum Gasteiger partial charge on any atom is -0.298 e. The Morgan fingerprint density at radius 3 is 1.91 bits per heavy atom. The van der Waals surface area contributed by atoms with Crippen molar-refractivity contribution in [2.45, 2.75) is 20.8 Å². The van der Waals surface area contributed by atoms with Crippen molar-refractivity contribution in [2.24, 2.45) is 0 Å². The summed E-state index contributed by atoms with van der Waals surface area (Å²) < 4.78 is 0. The zero-order valence-corrected chi connectivity index (χ0v) is 7.79. The topological polar surface area (TPSA) is 12.0 Å². The second kappa shape index (κ2) is 3.14. The van der Waals surface area contributed by atoms with Crippen molar-refractivity contribution in [2.75, 3.05) is 4.84 Å². The maximum atomic E-state index is 5.54. The third-order valence-corrected chi connectivity index (χ3v) is 1.96. The highest BCUT2D eigenvalue weighted by molar-refractivity contribution is 6.24. The highest BCUT2D eigenvalue weighted by atomic mass is 35.5. The van der Waals surface area contributed by atoms with E-state index in [9.17, 15) is 0 Å². The molecule has 0 heterocycles. The molecule has 1 rings (SSSR count). The molecule has 0 amide bonds.